The van der Waals surface area contributed by atoms with Gasteiger partial charge in [0.15, 0.2) is 5.82 Å². The zero-order chi connectivity index (χ0) is 16.5. The average Bonchev–Trinajstić information content (AvgIpc) is 3.23. The minimum absolute atomic E-state index is 0.137. The second-order valence-electron chi connectivity index (χ2n) is 7.32. The van der Waals surface area contributed by atoms with Crippen LogP contribution in [0, 0.1) is 12.8 Å². The first-order valence-electron chi connectivity index (χ1n) is 9.07. The number of fused-ring (bicyclic) bond motifs is 1. The number of rotatable bonds is 4. The molecule has 0 radical (unpaired) electrons. The van der Waals surface area contributed by atoms with Gasteiger partial charge >= 0.3 is 0 Å². The Labute approximate surface area is 142 Å². The zero-order valence-corrected chi connectivity index (χ0v) is 14.2. The second kappa shape index (κ2) is 6.67. The number of aryl methyl sites for hydroxylation is 1. The van der Waals surface area contributed by atoms with Crippen LogP contribution in [-0.4, -0.2) is 46.2 Å². The molecular weight excluding hydrogens is 306 g/mol. The van der Waals surface area contributed by atoms with Crippen LogP contribution in [-0.2, 0) is 16.0 Å². The fourth-order valence-electron chi connectivity index (χ4n) is 4.19. The first kappa shape index (κ1) is 15.8. The van der Waals surface area contributed by atoms with Crippen molar-refractivity contribution in [2.24, 2.45) is 5.92 Å². The summed E-state index contributed by atoms with van der Waals surface area (Å²) in [4.78, 5) is 18.8. The maximum absolute atomic E-state index is 12.5. The molecule has 0 saturated carbocycles. The number of carbonyl (C=O) groups excluding carboxylic acids is 1. The topological polar surface area (TPSA) is 68.5 Å². The zero-order valence-electron chi connectivity index (χ0n) is 14.2. The maximum Gasteiger partial charge on any atom is 0.229 e. The van der Waals surface area contributed by atoms with E-state index < -0.39 is 0 Å². The number of carbonyl (C=O) groups is 1. The van der Waals surface area contributed by atoms with Crippen LogP contribution in [0.25, 0.3) is 0 Å². The molecule has 4 rings (SSSR count). The predicted octanol–water partition coefficient (Wildman–Crippen LogP) is 2.43. The molecule has 6 nitrogen and oxygen atoms in total. The van der Waals surface area contributed by atoms with Crippen molar-refractivity contribution in [2.45, 2.75) is 64.1 Å². The minimum Gasteiger partial charge on any atom is -0.372 e. The lowest BCUT2D eigenvalue weighted by molar-refractivity contribution is -0.130. The molecule has 2 aliphatic heterocycles. The van der Waals surface area contributed by atoms with E-state index in [1.54, 1.807) is 0 Å². The number of likely N-dealkylation sites (tertiary alicyclic amines) is 1. The molecule has 0 unspecified atom stereocenters. The Morgan fingerprint density at radius 3 is 3.00 bits per heavy atom. The van der Waals surface area contributed by atoms with Gasteiger partial charge in [-0.3, -0.25) is 4.79 Å². The Bertz CT molecular complexity index is 625. The van der Waals surface area contributed by atoms with Crippen LogP contribution in [0.1, 0.15) is 50.2 Å². The summed E-state index contributed by atoms with van der Waals surface area (Å²) in [6.45, 7) is 3.38. The lowest BCUT2D eigenvalue weighted by Crippen LogP contribution is -2.31. The Morgan fingerprint density at radius 1 is 1.38 bits per heavy atom. The van der Waals surface area contributed by atoms with Crippen molar-refractivity contribution in [2.75, 3.05) is 13.1 Å². The summed E-state index contributed by atoms with van der Waals surface area (Å²) in [7, 11) is 0. The van der Waals surface area contributed by atoms with E-state index in [0.717, 1.165) is 32.4 Å². The van der Waals surface area contributed by atoms with E-state index in [9.17, 15) is 4.79 Å². The van der Waals surface area contributed by atoms with Crippen molar-refractivity contribution < 1.29 is 14.1 Å². The quantitative estimate of drug-likeness (QED) is 0.793. The number of allylic oxidation sites excluding steroid dienone is 1. The molecule has 24 heavy (non-hydrogen) atoms. The average molecular weight is 331 g/mol. The summed E-state index contributed by atoms with van der Waals surface area (Å²) < 4.78 is 11.3. The molecule has 1 aromatic rings. The molecular formula is C18H25N3O3. The lowest BCUT2D eigenvalue weighted by Gasteiger charge is -2.21. The summed E-state index contributed by atoms with van der Waals surface area (Å²) in [5.41, 5.74) is 1.33. The van der Waals surface area contributed by atoms with E-state index in [-0.39, 0.29) is 18.1 Å². The van der Waals surface area contributed by atoms with Gasteiger partial charge in [0.25, 0.3) is 0 Å². The van der Waals surface area contributed by atoms with Gasteiger partial charge in [0.05, 0.1) is 18.6 Å². The highest BCUT2D eigenvalue weighted by molar-refractivity contribution is 5.79. The van der Waals surface area contributed by atoms with Gasteiger partial charge in [-0.25, -0.2) is 0 Å². The highest BCUT2D eigenvalue weighted by Gasteiger charge is 2.43. The standard InChI is InChI=1S/C18H25N3O3/c1-12-19-17(24-20-12)9-15-8-14-10-21(11-16(14)23-15)18(22)7-13-5-3-2-4-6-13/h5,14-16H,2-4,6-11H2,1H3/t14-,15+,16+/m0/s1. The minimum atomic E-state index is 0.137. The number of amides is 1. The number of hydrogen-bond donors (Lipinski definition) is 0. The molecule has 0 spiro atoms. The maximum atomic E-state index is 12.5. The Hall–Kier alpha value is -1.69. The van der Waals surface area contributed by atoms with Crippen molar-refractivity contribution >= 4 is 5.91 Å². The number of nitrogens with zero attached hydrogens (tertiary/aromatic N) is 3. The Balaban J connectivity index is 1.28. The van der Waals surface area contributed by atoms with E-state index in [1.165, 1.54) is 18.4 Å². The molecule has 3 atom stereocenters. The highest BCUT2D eigenvalue weighted by Crippen LogP contribution is 2.35. The monoisotopic (exact) mass is 331 g/mol. The molecule has 6 heteroatoms. The van der Waals surface area contributed by atoms with Gasteiger partial charge < -0.3 is 14.2 Å². The predicted molar refractivity (Wildman–Crippen MR) is 87.3 cm³/mol. The van der Waals surface area contributed by atoms with Crippen molar-refractivity contribution in [3.8, 4) is 0 Å². The van der Waals surface area contributed by atoms with E-state index in [4.69, 9.17) is 9.26 Å². The first-order valence-corrected chi connectivity index (χ1v) is 9.07. The lowest BCUT2D eigenvalue weighted by atomic mass is 9.97. The number of ether oxygens (including phenoxy) is 1. The van der Waals surface area contributed by atoms with E-state index >= 15 is 0 Å². The number of hydrogen-bond acceptors (Lipinski definition) is 5. The van der Waals surface area contributed by atoms with Crippen LogP contribution in [0.15, 0.2) is 16.2 Å². The Morgan fingerprint density at radius 2 is 2.29 bits per heavy atom. The van der Waals surface area contributed by atoms with Crippen molar-refractivity contribution in [1.82, 2.24) is 15.0 Å². The number of aromatic nitrogens is 2. The van der Waals surface area contributed by atoms with Crippen LogP contribution in [0.3, 0.4) is 0 Å². The third-order valence-electron chi connectivity index (χ3n) is 5.40. The Kier molecular flexibility index (Phi) is 4.39. The highest BCUT2D eigenvalue weighted by atomic mass is 16.5. The third kappa shape index (κ3) is 3.38. The fourth-order valence-corrected chi connectivity index (χ4v) is 4.19. The van der Waals surface area contributed by atoms with Crippen LogP contribution in [0.5, 0.6) is 0 Å². The van der Waals surface area contributed by atoms with Gasteiger partial charge in [-0.15, -0.1) is 0 Å². The molecule has 3 heterocycles. The molecule has 0 bridgehead atoms. The third-order valence-corrected chi connectivity index (χ3v) is 5.40. The second-order valence-corrected chi connectivity index (χ2v) is 7.32. The van der Waals surface area contributed by atoms with Crippen LogP contribution < -0.4 is 0 Å². The molecule has 2 fully saturated rings. The van der Waals surface area contributed by atoms with Gasteiger partial charge in [0.2, 0.25) is 11.8 Å². The molecule has 1 aliphatic carbocycles. The molecule has 0 N–H and O–H groups in total. The summed E-state index contributed by atoms with van der Waals surface area (Å²) in [5.74, 6) is 2.03. The van der Waals surface area contributed by atoms with Crippen LogP contribution >= 0.6 is 0 Å². The molecule has 2 saturated heterocycles. The molecule has 1 aromatic heterocycles. The van der Waals surface area contributed by atoms with Gasteiger partial charge in [-0.2, -0.15) is 4.98 Å². The van der Waals surface area contributed by atoms with Gasteiger partial charge in [-0.1, -0.05) is 16.8 Å². The molecule has 130 valence electrons. The SMILES string of the molecule is Cc1noc(C[C@H]2C[C@H]3CN(C(=O)CC4=CCCCC4)C[C@H]3O2)n1. The van der Waals surface area contributed by atoms with Gasteiger partial charge in [0.1, 0.15) is 0 Å². The molecule has 3 aliphatic rings. The van der Waals surface area contributed by atoms with Gasteiger partial charge in [-0.05, 0) is 39.0 Å². The van der Waals surface area contributed by atoms with Gasteiger partial charge in [0, 0.05) is 25.4 Å². The van der Waals surface area contributed by atoms with E-state index in [2.05, 4.69) is 16.2 Å². The summed E-state index contributed by atoms with van der Waals surface area (Å²) in [5, 5.41) is 3.82. The van der Waals surface area contributed by atoms with Crippen LogP contribution in [0.2, 0.25) is 0 Å². The fraction of sp³-hybridized carbons (Fsp3) is 0.722. The smallest absolute Gasteiger partial charge is 0.229 e. The van der Waals surface area contributed by atoms with Crippen molar-refractivity contribution in [3.63, 3.8) is 0 Å². The molecule has 1 amide bonds. The van der Waals surface area contributed by atoms with E-state index in [1.807, 2.05) is 11.8 Å². The van der Waals surface area contributed by atoms with E-state index in [0.29, 0.717) is 30.5 Å². The van der Waals surface area contributed by atoms with Crippen molar-refractivity contribution in [3.05, 3.63) is 23.4 Å². The summed E-state index contributed by atoms with van der Waals surface area (Å²) in [6, 6.07) is 0. The van der Waals surface area contributed by atoms with Crippen molar-refractivity contribution in [1.29, 1.82) is 0 Å². The normalized spacial score (nSPS) is 29.6. The largest absolute Gasteiger partial charge is 0.372 e. The summed E-state index contributed by atoms with van der Waals surface area (Å²) in [6.07, 6.45) is 9.53. The molecule has 0 aromatic carbocycles. The first-order chi connectivity index (χ1) is 11.7. The van der Waals surface area contributed by atoms with Crippen LogP contribution in [0.4, 0.5) is 0 Å². The summed E-state index contributed by atoms with van der Waals surface area (Å²) >= 11 is 0.